The van der Waals surface area contributed by atoms with E-state index in [1.807, 2.05) is 42.5 Å². The predicted molar refractivity (Wildman–Crippen MR) is 92.1 cm³/mol. The Hall–Kier alpha value is -3.01. The maximum atomic E-state index is 5.78. The number of nitrogens with zero attached hydrogens (tertiary/aromatic N) is 1. The van der Waals surface area contributed by atoms with E-state index < -0.39 is 0 Å². The Morgan fingerprint density at radius 3 is 2.23 bits per heavy atom. The molecule has 0 radical (unpaired) electrons. The lowest BCUT2D eigenvalue weighted by molar-refractivity contribution is 1.15. The molecule has 1 heterocycles. The molecule has 3 aromatic rings. The van der Waals surface area contributed by atoms with Gasteiger partial charge in [-0.05, 0) is 54.1 Å². The van der Waals surface area contributed by atoms with Gasteiger partial charge in [0, 0.05) is 41.7 Å². The summed E-state index contributed by atoms with van der Waals surface area (Å²) in [4.78, 5) is 4.00. The average Bonchev–Trinajstić information content (AvgIpc) is 2.55. The fraction of sp³-hybridized carbons (Fsp3) is 0.0556. The van der Waals surface area contributed by atoms with Crippen LogP contribution in [0.4, 0.5) is 22.7 Å². The maximum absolute atomic E-state index is 5.78. The molecule has 4 heteroatoms. The van der Waals surface area contributed by atoms with E-state index in [-0.39, 0.29) is 0 Å². The fourth-order valence-electron chi connectivity index (χ4n) is 2.18. The minimum Gasteiger partial charge on any atom is -0.399 e. The van der Waals surface area contributed by atoms with Crippen LogP contribution in [0.15, 0.2) is 73.1 Å². The molecule has 0 aliphatic carbocycles. The third-order valence-corrected chi connectivity index (χ3v) is 3.30. The first kappa shape index (κ1) is 13.9. The van der Waals surface area contributed by atoms with Crippen LogP contribution in [0.3, 0.4) is 0 Å². The van der Waals surface area contributed by atoms with Gasteiger partial charge < -0.3 is 16.4 Å². The highest BCUT2D eigenvalue weighted by atomic mass is 14.9. The number of nitrogens with one attached hydrogen (secondary N) is 2. The lowest BCUT2D eigenvalue weighted by atomic mass is 10.2. The first-order chi connectivity index (χ1) is 10.8. The van der Waals surface area contributed by atoms with Gasteiger partial charge in [0.2, 0.25) is 0 Å². The van der Waals surface area contributed by atoms with Crippen LogP contribution in [-0.4, -0.2) is 4.98 Å². The molecule has 0 amide bonds. The molecule has 22 heavy (non-hydrogen) atoms. The Morgan fingerprint density at radius 2 is 1.50 bits per heavy atom. The molecule has 2 aromatic carbocycles. The highest BCUT2D eigenvalue weighted by Crippen LogP contribution is 2.19. The lowest BCUT2D eigenvalue weighted by Gasteiger charge is -2.09. The van der Waals surface area contributed by atoms with Crippen molar-refractivity contribution < 1.29 is 0 Å². The van der Waals surface area contributed by atoms with Gasteiger partial charge in [-0.1, -0.05) is 12.1 Å². The number of hydrogen-bond acceptors (Lipinski definition) is 4. The van der Waals surface area contributed by atoms with Gasteiger partial charge in [0.1, 0.15) is 0 Å². The summed E-state index contributed by atoms with van der Waals surface area (Å²) in [5, 5.41) is 6.71. The van der Waals surface area contributed by atoms with Gasteiger partial charge in [-0.25, -0.2) is 0 Å². The molecule has 0 saturated heterocycles. The standard InChI is InChI=1S/C18H18N4/c19-15-3-1-2-14(12-15)13-21-16-4-6-17(7-5-16)22-18-8-10-20-11-9-18/h1-12,21H,13,19H2,(H,20,22). The van der Waals surface area contributed by atoms with Crippen LogP contribution in [0.1, 0.15) is 5.56 Å². The van der Waals surface area contributed by atoms with Crippen molar-refractivity contribution in [2.24, 2.45) is 0 Å². The van der Waals surface area contributed by atoms with Crippen molar-refractivity contribution in [2.45, 2.75) is 6.54 Å². The largest absolute Gasteiger partial charge is 0.399 e. The van der Waals surface area contributed by atoms with E-state index >= 15 is 0 Å². The van der Waals surface area contributed by atoms with Gasteiger partial charge in [0.05, 0.1) is 0 Å². The minimum atomic E-state index is 0.752. The van der Waals surface area contributed by atoms with Crippen molar-refractivity contribution in [3.63, 3.8) is 0 Å². The van der Waals surface area contributed by atoms with Gasteiger partial charge in [-0.2, -0.15) is 0 Å². The summed E-state index contributed by atoms with van der Waals surface area (Å²) in [7, 11) is 0. The molecule has 110 valence electrons. The zero-order valence-electron chi connectivity index (χ0n) is 12.2. The third kappa shape index (κ3) is 3.76. The number of anilines is 4. The molecule has 0 unspecified atom stereocenters. The molecule has 4 nitrogen and oxygen atoms in total. The average molecular weight is 290 g/mol. The molecular formula is C18H18N4. The summed E-state index contributed by atoms with van der Waals surface area (Å²) in [6.07, 6.45) is 3.54. The van der Waals surface area contributed by atoms with Gasteiger partial charge in [0.25, 0.3) is 0 Å². The van der Waals surface area contributed by atoms with E-state index in [4.69, 9.17) is 5.73 Å². The first-order valence-electron chi connectivity index (χ1n) is 7.15. The second kappa shape index (κ2) is 6.63. The molecule has 4 N–H and O–H groups in total. The molecule has 0 atom stereocenters. The Kier molecular flexibility index (Phi) is 4.20. The summed E-state index contributed by atoms with van der Waals surface area (Å²) >= 11 is 0. The zero-order valence-corrected chi connectivity index (χ0v) is 12.2. The van der Waals surface area contributed by atoms with Gasteiger partial charge in [-0.15, -0.1) is 0 Å². The number of nitrogens with two attached hydrogens (primary N) is 1. The Labute approximate surface area is 130 Å². The predicted octanol–water partition coefficient (Wildman–Crippen LogP) is 4.02. The molecule has 0 aliphatic heterocycles. The minimum absolute atomic E-state index is 0.752. The van der Waals surface area contributed by atoms with Crippen molar-refractivity contribution in [1.29, 1.82) is 0 Å². The van der Waals surface area contributed by atoms with E-state index in [2.05, 4.69) is 33.8 Å². The van der Waals surface area contributed by atoms with E-state index in [0.29, 0.717) is 0 Å². The summed E-state index contributed by atoms with van der Waals surface area (Å²) < 4.78 is 0. The molecule has 3 rings (SSSR count). The molecule has 1 aromatic heterocycles. The molecule has 0 saturated carbocycles. The van der Waals surface area contributed by atoms with E-state index in [1.165, 1.54) is 5.56 Å². The van der Waals surface area contributed by atoms with Gasteiger partial charge in [-0.3, -0.25) is 4.98 Å². The maximum Gasteiger partial charge on any atom is 0.0415 e. The summed E-state index contributed by atoms with van der Waals surface area (Å²) in [5.74, 6) is 0. The van der Waals surface area contributed by atoms with Crippen LogP contribution in [0.2, 0.25) is 0 Å². The van der Waals surface area contributed by atoms with Gasteiger partial charge >= 0.3 is 0 Å². The topological polar surface area (TPSA) is 63.0 Å². The van der Waals surface area contributed by atoms with Crippen LogP contribution < -0.4 is 16.4 Å². The quantitative estimate of drug-likeness (QED) is 0.621. The number of rotatable bonds is 5. The highest BCUT2D eigenvalue weighted by Gasteiger charge is 1.97. The number of pyridine rings is 1. The van der Waals surface area contributed by atoms with Crippen molar-refractivity contribution in [3.8, 4) is 0 Å². The number of benzene rings is 2. The van der Waals surface area contributed by atoms with Crippen molar-refractivity contribution in [1.82, 2.24) is 4.98 Å². The Bertz CT molecular complexity index is 724. The molecule has 0 bridgehead atoms. The lowest BCUT2D eigenvalue weighted by Crippen LogP contribution is -2.00. The smallest absolute Gasteiger partial charge is 0.0415 e. The summed E-state index contributed by atoms with van der Waals surface area (Å²) in [5.41, 5.74) is 10.9. The normalized spacial score (nSPS) is 10.2. The van der Waals surface area contributed by atoms with E-state index in [1.54, 1.807) is 12.4 Å². The molecular weight excluding hydrogens is 272 g/mol. The van der Waals surface area contributed by atoms with Crippen LogP contribution in [0, 0.1) is 0 Å². The van der Waals surface area contributed by atoms with Crippen LogP contribution in [-0.2, 0) is 6.54 Å². The zero-order chi connectivity index (χ0) is 15.2. The summed E-state index contributed by atoms with van der Waals surface area (Å²) in [6.45, 7) is 0.752. The Balaban J connectivity index is 1.60. The fourth-order valence-corrected chi connectivity index (χ4v) is 2.18. The van der Waals surface area contributed by atoms with Crippen LogP contribution in [0.25, 0.3) is 0 Å². The van der Waals surface area contributed by atoms with Crippen molar-refractivity contribution in [3.05, 3.63) is 78.6 Å². The Morgan fingerprint density at radius 1 is 0.818 bits per heavy atom. The summed E-state index contributed by atoms with van der Waals surface area (Å²) in [6, 6.07) is 20.0. The van der Waals surface area contributed by atoms with Crippen LogP contribution in [0.5, 0.6) is 0 Å². The van der Waals surface area contributed by atoms with E-state index in [9.17, 15) is 0 Å². The van der Waals surface area contributed by atoms with E-state index in [0.717, 1.165) is 29.3 Å². The highest BCUT2D eigenvalue weighted by molar-refractivity contribution is 5.62. The molecule has 0 fully saturated rings. The molecule has 0 spiro atoms. The number of hydrogen-bond donors (Lipinski definition) is 3. The monoisotopic (exact) mass is 290 g/mol. The van der Waals surface area contributed by atoms with Gasteiger partial charge in [0.15, 0.2) is 0 Å². The van der Waals surface area contributed by atoms with Crippen LogP contribution >= 0.6 is 0 Å². The SMILES string of the molecule is Nc1cccc(CNc2ccc(Nc3ccncc3)cc2)c1. The number of aromatic nitrogens is 1. The second-order valence-corrected chi connectivity index (χ2v) is 5.04. The van der Waals surface area contributed by atoms with Crippen molar-refractivity contribution in [2.75, 3.05) is 16.4 Å². The second-order valence-electron chi connectivity index (χ2n) is 5.04. The first-order valence-corrected chi connectivity index (χ1v) is 7.15. The third-order valence-electron chi connectivity index (χ3n) is 3.30. The number of nitrogen functional groups attached to an aromatic ring is 1. The van der Waals surface area contributed by atoms with Crippen molar-refractivity contribution >= 4 is 22.7 Å². The molecule has 0 aliphatic rings.